The summed E-state index contributed by atoms with van der Waals surface area (Å²) in [6, 6.07) is 5.63. The number of rotatable bonds is 7. The van der Waals surface area contributed by atoms with E-state index in [2.05, 4.69) is 10.1 Å². The molecule has 1 amide bonds. The first-order chi connectivity index (χ1) is 9.56. The Hall–Kier alpha value is -1.35. The molecule has 0 aromatic heterocycles. The Balaban J connectivity index is 2.73. The van der Waals surface area contributed by atoms with Crippen molar-refractivity contribution < 1.29 is 24.2 Å². The van der Waals surface area contributed by atoms with Crippen LogP contribution in [0, 0.1) is 0 Å². The number of carbonyl (C=O) groups excluding carboxylic acids is 2. The lowest BCUT2D eigenvalue weighted by Gasteiger charge is -2.17. The fourth-order valence-corrected chi connectivity index (χ4v) is 1.73. The molecule has 7 heteroatoms. The van der Waals surface area contributed by atoms with Crippen LogP contribution >= 0.6 is 22.6 Å². The molecule has 1 aromatic carbocycles. The van der Waals surface area contributed by atoms with Crippen LogP contribution in [-0.4, -0.2) is 41.4 Å². The molecule has 1 aromatic rings. The van der Waals surface area contributed by atoms with E-state index in [9.17, 15) is 14.7 Å². The average Bonchev–Trinajstić information content (AvgIpc) is 2.46. The van der Waals surface area contributed by atoms with Gasteiger partial charge in [0.25, 0.3) is 0 Å². The van der Waals surface area contributed by atoms with E-state index in [1.165, 1.54) is 19.2 Å². The summed E-state index contributed by atoms with van der Waals surface area (Å²) in [4.78, 5) is 23.3. The van der Waals surface area contributed by atoms with E-state index in [1.54, 1.807) is 12.1 Å². The summed E-state index contributed by atoms with van der Waals surface area (Å²) >= 11 is 1.91. The lowest BCUT2D eigenvalue weighted by molar-refractivity contribution is -0.157. The zero-order valence-electron chi connectivity index (χ0n) is 11.0. The SMILES string of the molecule is COCOC(=O)C(Cc1ccc(O)cc1)NC(=O)CI. The van der Waals surface area contributed by atoms with Gasteiger partial charge in [0.05, 0.1) is 4.43 Å². The Morgan fingerprint density at radius 1 is 1.35 bits per heavy atom. The van der Waals surface area contributed by atoms with Crippen molar-refractivity contribution in [2.24, 2.45) is 0 Å². The van der Waals surface area contributed by atoms with Crippen LogP contribution in [0.4, 0.5) is 0 Å². The Bertz CT molecular complexity index is 449. The average molecular weight is 393 g/mol. The van der Waals surface area contributed by atoms with E-state index in [0.717, 1.165) is 5.56 Å². The highest BCUT2D eigenvalue weighted by Crippen LogP contribution is 2.12. The summed E-state index contributed by atoms with van der Waals surface area (Å²) in [6.07, 6.45) is 0.283. The maximum absolute atomic E-state index is 11.9. The van der Waals surface area contributed by atoms with Gasteiger partial charge in [-0.1, -0.05) is 34.7 Å². The molecule has 6 nitrogen and oxygen atoms in total. The van der Waals surface area contributed by atoms with Crippen molar-refractivity contribution in [3.8, 4) is 5.75 Å². The predicted octanol–water partition coefficient (Wildman–Crippen LogP) is 1.00. The van der Waals surface area contributed by atoms with E-state index in [4.69, 9.17) is 4.74 Å². The third-order valence-corrected chi connectivity index (χ3v) is 3.13. The quantitative estimate of drug-likeness (QED) is 0.313. The number of phenolic OH excluding ortho intramolecular Hbond substituents is 1. The number of hydrogen-bond acceptors (Lipinski definition) is 5. The molecular formula is C13H16INO5. The van der Waals surface area contributed by atoms with Crippen molar-refractivity contribution in [1.29, 1.82) is 0 Å². The zero-order valence-corrected chi connectivity index (χ0v) is 13.1. The first-order valence-corrected chi connectivity index (χ1v) is 7.38. The zero-order chi connectivity index (χ0) is 15.0. The van der Waals surface area contributed by atoms with Crippen LogP contribution in [0.5, 0.6) is 5.75 Å². The second-order valence-corrected chi connectivity index (χ2v) is 4.76. The predicted molar refractivity (Wildman–Crippen MR) is 80.6 cm³/mol. The second-order valence-electron chi connectivity index (χ2n) is 3.99. The van der Waals surface area contributed by atoms with E-state index in [0.29, 0.717) is 0 Å². The molecule has 0 heterocycles. The molecule has 110 valence electrons. The fourth-order valence-electron chi connectivity index (χ4n) is 1.51. The maximum atomic E-state index is 11.9. The van der Waals surface area contributed by atoms with Gasteiger partial charge >= 0.3 is 5.97 Å². The minimum absolute atomic E-state index is 0.142. The summed E-state index contributed by atoms with van der Waals surface area (Å²) in [5, 5.41) is 11.8. The highest BCUT2D eigenvalue weighted by atomic mass is 127. The molecule has 1 atom stereocenters. The third-order valence-electron chi connectivity index (χ3n) is 2.44. The molecule has 0 fully saturated rings. The molecule has 0 bridgehead atoms. The molecule has 0 radical (unpaired) electrons. The van der Waals surface area contributed by atoms with E-state index < -0.39 is 12.0 Å². The largest absolute Gasteiger partial charge is 0.508 e. The molecule has 1 unspecified atom stereocenters. The van der Waals surface area contributed by atoms with Crippen LogP contribution in [0.15, 0.2) is 24.3 Å². The fraction of sp³-hybridized carbons (Fsp3) is 0.385. The van der Waals surface area contributed by atoms with Gasteiger partial charge < -0.3 is 19.9 Å². The molecule has 0 saturated heterocycles. The van der Waals surface area contributed by atoms with Crippen LogP contribution in [0.1, 0.15) is 5.56 Å². The number of amides is 1. The number of esters is 1. The number of halogens is 1. The summed E-state index contributed by atoms with van der Waals surface area (Å²) < 4.78 is 9.79. The number of methoxy groups -OCH3 is 1. The molecule has 0 aliphatic heterocycles. The molecule has 0 aliphatic carbocycles. The Morgan fingerprint density at radius 3 is 2.55 bits per heavy atom. The monoisotopic (exact) mass is 393 g/mol. The highest BCUT2D eigenvalue weighted by molar-refractivity contribution is 14.1. The summed E-state index contributed by atoms with van der Waals surface area (Å²) in [6.45, 7) is -0.162. The minimum Gasteiger partial charge on any atom is -0.508 e. The summed E-state index contributed by atoms with van der Waals surface area (Å²) in [5.74, 6) is -0.662. The van der Waals surface area contributed by atoms with Crippen molar-refractivity contribution in [2.75, 3.05) is 18.3 Å². The minimum atomic E-state index is -0.781. The lowest BCUT2D eigenvalue weighted by atomic mass is 10.1. The number of nitrogens with one attached hydrogen (secondary N) is 1. The van der Waals surface area contributed by atoms with Gasteiger partial charge in [-0.25, -0.2) is 4.79 Å². The van der Waals surface area contributed by atoms with Gasteiger partial charge in [0.2, 0.25) is 5.91 Å². The second kappa shape index (κ2) is 8.75. The van der Waals surface area contributed by atoms with Crippen LogP contribution < -0.4 is 5.32 Å². The van der Waals surface area contributed by atoms with Crippen LogP contribution in [0.2, 0.25) is 0 Å². The smallest absolute Gasteiger partial charge is 0.331 e. The number of carbonyl (C=O) groups is 2. The van der Waals surface area contributed by atoms with Gasteiger partial charge in [-0.3, -0.25) is 4.79 Å². The Morgan fingerprint density at radius 2 is 2.00 bits per heavy atom. The van der Waals surface area contributed by atoms with E-state index >= 15 is 0 Å². The normalized spacial score (nSPS) is 11.7. The van der Waals surface area contributed by atoms with Crippen LogP contribution in [-0.2, 0) is 25.5 Å². The van der Waals surface area contributed by atoms with Gasteiger partial charge in [-0.2, -0.15) is 0 Å². The molecule has 2 N–H and O–H groups in total. The Kier molecular flexibility index (Phi) is 7.31. The number of hydrogen-bond donors (Lipinski definition) is 2. The van der Waals surface area contributed by atoms with Crippen molar-refractivity contribution in [3.05, 3.63) is 29.8 Å². The number of benzene rings is 1. The Labute approximate surface area is 130 Å². The van der Waals surface area contributed by atoms with Crippen LogP contribution in [0.25, 0.3) is 0 Å². The maximum Gasteiger partial charge on any atom is 0.331 e. The first-order valence-electron chi connectivity index (χ1n) is 5.85. The molecule has 0 aliphatic rings. The van der Waals surface area contributed by atoms with Crippen molar-refractivity contribution in [1.82, 2.24) is 5.32 Å². The number of phenols is 1. The van der Waals surface area contributed by atoms with Gasteiger partial charge in [-0.05, 0) is 17.7 Å². The van der Waals surface area contributed by atoms with E-state index in [1.807, 2.05) is 22.6 Å². The topological polar surface area (TPSA) is 84.9 Å². The summed E-state index contributed by atoms with van der Waals surface area (Å²) in [5.41, 5.74) is 0.802. The highest BCUT2D eigenvalue weighted by Gasteiger charge is 2.22. The summed E-state index contributed by atoms with van der Waals surface area (Å²) in [7, 11) is 1.41. The van der Waals surface area contributed by atoms with Gasteiger partial charge in [0, 0.05) is 13.5 Å². The number of aromatic hydroxyl groups is 1. The number of alkyl halides is 1. The molecule has 1 rings (SSSR count). The number of ether oxygens (including phenoxy) is 2. The molecule has 0 saturated carbocycles. The van der Waals surface area contributed by atoms with Gasteiger partial charge in [-0.15, -0.1) is 0 Å². The lowest BCUT2D eigenvalue weighted by Crippen LogP contribution is -2.44. The van der Waals surface area contributed by atoms with Crippen LogP contribution in [0.3, 0.4) is 0 Å². The van der Waals surface area contributed by atoms with Crippen molar-refractivity contribution in [3.63, 3.8) is 0 Å². The van der Waals surface area contributed by atoms with Gasteiger partial charge in [0.1, 0.15) is 11.8 Å². The molecule has 0 spiro atoms. The molecular weight excluding hydrogens is 377 g/mol. The van der Waals surface area contributed by atoms with Crippen molar-refractivity contribution in [2.45, 2.75) is 12.5 Å². The standard InChI is InChI=1S/C13H16INO5/c1-19-8-20-13(18)11(15-12(17)7-14)6-9-2-4-10(16)5-3-9/h2-5,11,16H,6-8H2,1H3,(H,15,17). The first kappa shape index (κ1) is 16.7. The molecule has 20 heavy (non-hydrogen) atoms. The van der Waals surface area contributed by atoms with Crippen molar-refractivity contribution >= 4 is 34.5 Å². The third kappa shape index (κ3) is 5.74. The van der Waals surface area contributed by atoms with Gasteiger partial charge in [0.15, 0.2) is 6.79 Å². The van der Waals surface area contributed by atoms with E-state index in [-0.39, 0.29) is 29.3 Å².